The molecule has 3 N–H and O–H groups in total. The summed E-state index contributed by atoms with van der Waals surface area (Å²) in [7, 11) is 0. The summed E-state index contributed by atoms with van der Waals surface area (Å²) in [6.45, 7) is 0. The van der Waals surface area contributed by atoms with Crippen LogP contribution >= 0.6 is 0 Å². The Morgan fingerprint density at radius 3 is 2.50 bits per heavy atom. The second-order valence-electron chi connectivity index (χ2n) is 4.41. The van der Waals surface area contributed by atoms with Gasteiger partial charge in [0, 0.05) is 11.6 Å². The first-order valence-corrected chi connectivity index (χ1v) is 5.96. The highest BCUT2D eigenvalue weighted by molar-refractivity contribution is 5.95. The van der Waals surface area contributed by atoms with Crippen LogP contribution in [0.2, 0.25) is 0 Å². The van der Waals surface area contributed by atoms with Crippen molar-refractivity contribution < 1.29 is 22.7 Å². The van der Waals surface area contributed by atoms with Crippen LogP contribution in [0, 0.1) is 0 Å². The van der Waals surface area contributed by atoms with Gasteiger partial charge in [-0.2, -0.15) is 0 Å². The Labute approximate surface area is 113 Å². The molecule has 0 unspecified atom stereocenters. The number of nitrogen functional groups attached to an aromatic ring is 1. The van der Waals surface area contributed by atoms with Crippen molar-refractivity contribution in [3.63, 3.8) is 0 Å². The molecule has 0 saturated heterocycles. The van der Waals surface area contributed by atoms with Crippen LogP contribution in [0.25, 0.3) is 0 Å². The largest absolute Gasteiger partial charge is 0.573 e. The van der Waals surface area contributed by atoms with Crippen LogP contribution in [-0.4, -0.2) is 18.3 Å². The predicted molar refractivity (Wildman–Crippen MR) is 67.2 cm³/mol. The average Bonchev–Trinajstić information content (AvgIpc) is 2.83. The lowest BCUT2D eigenvalue weighted by Crippen LogP contribution is -2.32. The molecule has 4 nitrogen and oxygen atoms in total. The smallest absolute Gasteiger partial charge is 0.404 e. The number of ether oxygens (including phenoxy) is 1. The minimum absolute atomic E-state index is 0.0230. The summed E-state index contributed by atoms with van der Waals surface area (Å²) in [4.78, 5) is 11.9. The number of nitrogens with one attached hydrogen (secondary N) is 1. The summed E-state index contributed by atoms with van der Waals surface area (Å²) in [5.74, 6) is -0.888. The Morgan fingerprint density at radius 1 is 1.30 bits per heavy atom. The van der Waals surface area contributed by atoms with Crippen LogP contribution in [0.1, 0.15) is 23.2 Å². The van der Waals surface area contributed by atoms with Gasteiger partial charge in [-0.1, -0.05) is 12.2 Å². The molecule has 108 valence electrons. The molecule has 0 heterocycles. The molecule has 1 aliphatic carbocycles. The number of hydrogen-bond acceptors (Lipinski definition) is 3. The maximum Gasteiger partial charge on any atom is 0.573 e. The van der Waals surface area contributed by atoms with Gasteiger partial charge in [-0.3, -0.25) is 4.79 Å². The third-order valence-electron chi connectivity index (χ3n) is 2.84. The molecule has 0 atom stereocenters. The zero-order chi connectivity index (χ0) is 14.8. The van der Waals surface area contributed by atoms with Crippen LogP contribution in [0.15, 0.2) is 30.4 Å². The van der Waals surface area contributed by atoms with Crippen LogP contribution in [0.3, 0.4) is 0 Å². The molecule has 2 rings (SSSR count). The van der Waals surface area contributed by atoms with E-state index in [4.69, 9.17) is 5.73 Å². The van der Waals surface area contributed by atoms with E-state index in [2.05, 4.69) is 10.1 Å². The Morgan fingerprint density at radius 2 is 1.95 bits per heavy atom. The molecule has 1 aliphatic rings. The average molecular weight is 286 g/mol. The summed E-state index contributed by atoms with van der Waals surface area (Å²) in [6, 6.07) is 3.47. The number of benzene rings is 1. The van der Waals surface area contributed by atoms with Crippen molar-refractivity contribution in [2.24, 2.45) is 0 Å². The Hall–Kier alpha value is -2.18. The fourth-order valence-electron chi connectivity index (χ4n) is 1.91. The molecule has 0 aliphatic heterocycles. The van der Waals surface area contributed by atoms with Crippen LogP contribution in [-0.2, 0) is 0 Å². The topological polar surface area (TPSA) is 64.4 Å². The Bertz CT molecular complexity index is 533. The number of hydrogen-bond donors (Lipinski definition) is 2. The van der Waals surface area contributed by atoms with Crippen molar-refractivity contribution in [2.45, 2.75) is 25.2 Å². The highest BCUT2D eigenvalue weighted by Crippen LogP contribution is 2.29. The first-order chi connectivity index (χ1) is 9.35. The van der Waals surface area contributed by atoms with E-state index < -0.39 is 12.1 Å². The van der Waals surface area contributed by atoms with Gasteiger partial charge in [-0.25, -0.2) is 0 Å². The third-order valence-corrected chi connectivity index (χ3v) is 2.84. The number of nitrogens with two attached hydrogens (primary N) is 1. The second-order valence-corrected chi connectivity index (χ2v) is 4.41. The molecule has 1 aromatic rings. The van der Waals surface area contributed by atoms with Gasteiger partial charge >= 0.3 is 6.36 Å². The summed E-state index contributed by atoms with van der Waals surface area (Å²) in [5, 5.41) is 2.77. The van der Waals surface area contributed by atoms with Crippen LogP contribution in [0.4, 0.5) is 18.9 Å². The van der Waals surface area contributed by atoms with Crippen LogP contribution in [0.5, 0.6) is 5.75 Å². The molecule has 0 bridgehead atoms. The number of anilines is 1. The van der Waals surface area contributed by atoms with Crippen molar-refractivity contribution in [3.8, 4) is 5.75 Å². The van der Waals surface area contributed by atoms with Crippen molar-refractivity contribution in [1.82, 2.24) is 5.32 Å². The van der Waals surface area contributed by atoms with Crippen molar-refractivity contribution >= 4 is 11.6 Å². The third kappa shape index (κ3) is 3.66. The number of carbonyl (C=O) groups is 1. The zero-order valence-electron chi connectivity index (χ0n) is 10.4. The van der Waals surface area contributed by atoms with Gasteiger partial charge in [0.25, 0.3) is 5.91 Å². The van der Waals surface area contributed by atoms with Gasteiger partial charge in [0.1, 0.15) is 0 Å². The minimum atomic E-state index is -4.81. The summed E-state index contributed by atoms with van der Waals surface area (Å²) >= 11 is 0. The van der Waals surface area contributed by atoms with Gasteiger partial charge in [0.05, 0.1) is 5.69 Å². The first-order valence-electron chi connectivity index (χ1n) is 5.96. The molecule has 0 saturated carbocycles. The molecule has 20 heavy (non-hydrogen) atoms. The van der Waals surface area contributed by atoms with Gasteiger partial charge in [-0.05, 0) is 31.0 Å². The number of halogens is 3. The standard InChI is InChI=1S/C13H13F3N2O2/c14-13(15,16)20-11-6-5-8(7-10(11)17)12(19)18-9-3-1-2-4-9/h1-2,5-7,9H,3-4,17H2,(H,18,19). The minimum Gasteiger partial charge on any atom is -0.404 e. The molecular weight excluding hydrogens is 273 g/mol. The fourth-order valence-corrected chi connectivity index (χ4v) is 1.91. The molecule has 0 radical (unpaired) electrons. The van der Waals surface area contributed by atoms with E-state index in [0.717, 1.165) is 18.9 Å². The monoisotopic (exact) mass is 286 g/mol. The zero-order valence-corrected chi connectivity index (χ0v) is 10.4. The number of rotatable bonds is 3. The summed E-state index contributed by atoms with van der Waals surface area (Å²) in [6.07, 6.45) is 0.597. The Kier molecular flexibility index (Phi) is 3.87. The highest BCUT2D eigenvalue weighted by atomic mass is 19.4. The predicted octanol–water partition coefficient (Wildman–Crippen LogP) is 2.62. The number of amides is 1. The van der Waals surface area contributed by atoms with E-state index in [1.54, 1.807) is 0 Å². The molecule has 0 spiro atoms. The van der Waals surface area contributed by atoms with E-state index in [9.17, 15) is 18.0 Å². The first kappa shape index (κ1) is 14.2. The second kappa shape index (κ2) is 5.44. The van der Waals surface area contributed by atoms with Gasteiger partial charge in [-0.15, -0.1) is 13.2 Å². The number of alkyl halides is 3. The fraction of sp³-hybridized carbons (Fsp3) is 0.308. The Balaban J connectivity index is 2.06. The van der Waals surface area contributed by atoms with E-state index >= 15 is 0 Å². The molecule has 1 aromatic carbocycles. The van der Waals surface area contributed by atoms with E-state index in [1.165, 1.54) is 12.1 Å². The molecule has 7 heteroatoms. The highest BCUT2D eigenvalue weighted by Gasteiger charge is 2.32. The molecule has 0 fully saturated rings. The molecule has 0 aromatic heterocycles. The molecule has 1 amide bonds. The van der Waals surface area contributed by atoms with Gasteiger partial charge in [0.15, 0.2) is 5.75 Å². The maximum atomic E-state index is 12.1. The number of carbonyl (C=O) groups excluding carboxylic acids is 1. The summed E-state index contributed by atoms with van der Waals surface area (Å²) in [5.41, 5.74) is 5.42. The normalized spacial score (nSPS) is 15.3. The SMILES string of the molecule is Nc1cc(C(=O)NC2CC=CC2)ccc1OC(F)(F)F. The molecular formula is C13H13F3N2O2. The lowest BCUT2D eigenvalue weighted by atomic mass is 10.1. The van der Waals surface area contributed by atoms with Gasteiger partial charge < -0.3 is 15.8 Å². The summed E-state index contributed by atoms with van der Waals surface area (Å²) < 4.78 is 40.0. The maximum absolute atomic E-state index is 12.1. The van der Waals surface area contributed by atoms with Crippen molar-refractivity contribution in [3.05, 3.63) is 35.9 Å². The lowest BCUT2D eigenvalue weighted by molar-refractivity contribution is -0.274. The van der Waals surface area contributed by atoms with E-state index in [1.807, 2.05) is 12.2 Å². The van der Waals surface area contributed by atoms with E-state index in [0.29, 0.717) is 0 Å². The van der Waals surface area contributed by atoms with E-state index in [-0.39, 0.29) is 23.2 Å². The quantitative estimate of drug-likeness (QED) is 0.663. The van der Waals surface area contributed by atoms with Crippen molar-refractivity contribution in [1.29, 1.82) is 0 Å². The van der Waals surface area contributed by atoms with Gasteiger partial charge in [0.2, 0.25) is 0 Å². The lowest BCUT2D eigenvalue weighted by Gasteiger charge is -2.14. The van der Waals surface area contributed by atoms with Crippen LogP contribution < -0.4 is 15.8 Å². The van der Waals surface area contributed by atoms with Crippen molar-refractivity contribution in [2.75, 3.05) is 5.73 Å².